The Bertz CT molecular complexity index is 963. The van der Waals surface area contributed by atoms with Gasteiger partial charge in [0.25, 0.3) is 0 Å². The van der Waals surface area contributed by atoms with E-state index in [9.17, 15) is 20.0 Å². The minimum atomic E-state index is -0.704. The third-order valence-electron chi connectivity index (χ3n) is 4.13. The lowest BCUT2D eigenvalue weighted by Gasteiger charge is -2.06. The molecule has 0 saturated heterocycles. The molecule has 1 N–H and O–H groups in total. The van der Waals surface area contributed by atoms with E-state index in [1.54, 1.807) is 24.3 Å². The summed E-state index contributed by atoms with van der Waals surface area (Å²) in [6, 6.07) is 11.1. The largest absolute Gasteiger partial charge is 0.502 e. The lowest BCUT2D eigenvalue weighted by atomic mass is 10.00. The highest BCUT2D eigenvalue weighted by Gasteiger charge is 2.28. The fourth-order valence-electron chi connectivity index (χ4n) is 2.63. The number of benzene rings is 2. The van der Waals surface area contributed by atoms with Gasteiger partial charge in [0, 0.05) is 17.2 Å². The van der Waals surface area contributed by atoms with Crippen LogP contribution in [-0.4, -0.2) is 28.3 Å². The second kappa shape index (κ2) is 8.34. The van der Waals surface area contributed by atoms with Crippen LogP contribution >= 0.6 is 0 Å². The summed E-state index contributed by atoms with van der Waals surface area (Å²) >= 11 is 0. The van der Waals surface area contributed by atoms with Gasteiger partial charge in [0.05, 0.1) is 17.1 Å². The van der Waals surface area contributed by atoms with Crippen molar-refractivity contribution in [1.29, 1.82) is 0 Å². The number of phenolic OH excluding ortho intramolecular Hbond substituents is 1. The Labute approximate surface area is 160 Å². The average molecular weight is 382 g/mol. The number of phenols is 1. The second-order valence-corrected chi connectivity index (χ2v) is 6.08. The van der Waals surface area contributed by atoms with Crippen LogP contribution < -0.4 is 4.74 Å². The predicted octanol–water partition coefficient (Wildman–Crippen LogP) is 3.82. The van der Waals surface area contributed by atoms with Gasteiger partial charge in [-0.1, -0.05) is 30.6 Å². The molecule has 8 heteroatoms. The third-order valence-corrected chi connectivity index (χ3v) is 4.13. The molecule has 0 radical (unpaired) electrons. The number of para-hydroxylation sites is 1. The number of oxime groups is 1. The van der Waals surface area contributed by atoms with Crippen molar-refractivity contribution in [1.82, 2.24) is 0 Å². The molecule has 0 unspecified atom stereocenters. The van der Waals surface area contributed by atoms with E-state index in [0.717, 1.165) is 12.8 Å². The topological polar surface area (TPSA) is 111 Å². The monoisotopic (exact) mass is 382 g/mol. The Morgan fingerprint density at radius 3 is 2.68 bits per heavy atom. The van der Waals surface area contributed by atoms with Gasteiger partial charge in [-0.05, 0) is 36.8 Å². The van der Waals surface area contributed by atoms with Crippen LogP contribution in [0.15, 0.2) is 53.2 Å². The van der Waals surface area contributed by atoms with Crippen LogP contribution in [0.4, 0.5) is 5.69 Å². The summed E-state index contributed by atoms with van der Waals surface area (Å²) in [6.07, 6.45) is 3.31. The smallest absolute Gasteiger partial charge is 0.368 e. The quantitative estimate of drug-likeness (QED) is 0.256. The lowest BCUT2D eigenvalue weighted by Crippen LogP contribution is -2.07. The minimum Gasteiger partial charge on any atom is -0.502 e. The highest BCUT2D eigenvalue weighted by Crippen LogP contribution is 2.32. The first kappa shape index (κ1) is 19.1. The molecule has 28 heavy (non-hydrogen) atoms. The maximum Gasteiger partial charge on any atom is 0.368 e. The molecular formula is C20H18N2O6. The molecule has 144 valence electrons. The van der Waals surface area contributed by atoms with Gasteiger partial charge in [-0.3, -0.25) is 10.1 Å². The van der Waals surface area contributed by atoms with Crippen molar-refractivity contribution >= 4 is 23.4 Å². The molecule has 0 saturated carbocycles. The van der Waals surface area contributed by atoms with Gasteiger partial charge in [0.1, 0.15) is 11.5 Å². The second-order valence-electron chi connectivity index (χ2n) is 6.08. The van der Waals surface area contributed by atoms with Crippen LogP contribution in [0, 0.1) is 10.1 Å². The number of aromatic hydroxyl groups is 1. The summed E-state index contributed by atoms with van der Waals surface area (Å²) in [4.78, 5) is 27.1. The predicted molar refractivity (Wildman–Crippen MR) is 102 cm³/mol. The number of rotatable bonds is 7. The summed E-state index contributed by atoms with van der Waals surface area (Å²) < 4.78 is 5.61. The van der Waals surface area contributed by atoms with Crippen LogP contribution in [0.3, 0.4) is 0 Å². The minimum absolute atomic E-state index is 0.0930. The molecule has 2 aromatic carbocycles. The summed E-state index contributed by atoms with van der Waals surface area (Å²) in [5.41, 5.74) is 0.652. The number of nitro groups is 1. The van der Waals surface area contributed by atoms with E-state index >= 15 is 0 Å². The third kappa shape index (κ3) is 4.01. The SMILES string of the molecule is CCCCOc1ccc(C2=NOC(=O)/C2=C\c2cccc([N+](=O)[O-])c2O)cc1. The van der Waals surface area contributed by atoms with Gasteiger partial charge in [0.2, 0.25) is 5.75 Å². The number of hydrogen-bond donors (Lipinski definition) is 1. The molecule has 1 heterocycles. The fraction of sp³-hybridized carbons (Fsp3) is 0.200. The molecule has 8 nitrogen and oxygen atoms in total. The van der Waals surface area contributed by atoms with Crippen molar-refractivity contribution < 1.29 is 24.4 Å². The maximum atomic E-state index is 12.1. The molecule has 0 aliphatic carbocycles. The zero-order chi connectivity index (χ0) is 20.1. The van der Waals surface area contributed by atoms with Crippen molar-refractivity contribution in [2.24, 2.45) is 5.16 Å². The first-order chi connectivity index (χ1) is 13.5. The van der Waals surface area contributed by atoms with Gasteiger partial charge in [-0.15, -0.1) is 0 Å². The van der Waals surface area contributed by atoms with Crippen molar-refractivity contribution in [2.45, 2.75) is 19.8 Å². The Kier molecular flexibility index (Phi) is 5.69. The van der Waals surface area contributed by atoms with Crippen LogP contribution in [0.2, 0.25) is 0 Å². The summed E-state index contributed by atoms with van der Waals surface area (Å²) in [6.45, 7) is 2.70. The van der Waals surface area contributed by atoms with Crippen LogP contribution in [0.25, 0.3) is 6.08 Å². The fourth-order valence-corrected chi connectivity index (χ4v) is 2.63. The van der Waals surface area contributed by atoms with Crippen molar-refractivity contribution in [2.75, 3.05) is 6.61 Å². The molecule has 2 aromatic rings. The number of ether oxygens (including phenoxy) is 1. The zero-order valence-corrected chi connectivity index (χ0v) is 15.1. The number of nitrogens with zero attached hydrogens (tertiary/aromatic N) is 2. The standard InChI is InChI=1S/C20H18N2O6/c1-2-3-11-27-15-9-7-13(8-10-15)18-16(20(24)28-21-18)12-14-5-4-6-17(19(14)23)22(25)26/h4-10,12,23H,2-3,11H2,1H3/b16-12-. The normalized spacial score (nSPS) is 14.7. The van der Waals surface area contributed by atoms with Crippen molar-refractivity contribution in [3.05, 3.63) is 69.3 Å². The van der Waals surface area contributed by atoms with Gasteiger partial charge in [-0.2, -0.15) is 0 Å². The van der Waals surface area contributed by atoms with E-state index in [1.807, 2.05) is 0 Å². The lowest BCUT2D eigenvalue weighted by molar-refractivity contribution is -0.385. The summed E-state index contributed by atoms with van der Waals surface area (Å²) in [7, 11) is 0. The molecule has 0 atom stereocenters. The van der Waals surface area contributed by atoms with Crippen LogP contribution in [0.1, 0.15) is 30.9 Å². The van der Waals surface area contributed by atoms with E-state index in [0.29, 0.717) is 17.9 Å². The summed E-state index contributed by atoms with van der Waals surface area (Å²) in [5, 5.41) is 24.9. The number of unbranched alkanes of at least 4 members (excludes halogenated alkanes) is 1. The Balaban J connectivity index is 1.89. The average Bonchev–Trinajstić information content (AvgIpc) is 3.04. The molecule has 0 amide bonds. The van der Waals surface area contributed by atoms with Gasteiger partial charge in [0.15, 0.2) is 0 Å². The highest BCUT2D eigenvalue weighted by atomic mass is 16.7. The first-order valence-electron chi connectivity index (χ1n) is 8.72. The number of hydrogen-bond acceptors (Lipinski definition) is 7. The molecule has 0 aromatic heterocycles. The van der Waals surface area contributed by atoms with Crippen LogP contribution in [0.5, 0.6) is 11.5 Å². The van der Waals surface area contributed by atoms with Gasteiger partial charge >= 0.3 is 11.7 Å². The number of carbonyl (C=O) groups is 1. The zero-order valence-electron chi connectivity index (χ0n) is 15.1. The first-order valence-corrected chi connectivity index (χ1v) is 8.72. The Morgan fingerprint density at radius 1 is 1.25 bits per heavy atom. The maximum absolute atomic E-state index is 12.1. The number of nitro benzene ring substituents is 1. The van der Waals surface area contributed by atoms with Crippen molar-refractivity contribution in [3.63, 3.8) is 0 Å². The summed E-state index contributed by atoms with van der Waals surface area (Å²) in [5.74, 6) is -0.534. The van der Waals surface area contributed by atoms with Gasteiger partial charge in [-0.25, -0.2) is 4.79 Å². The molecule has 0 bridgehead atoms. The molecular weight excluding hydrogens is 364 g/mol. The number of carbonyl (C=O) groups excluding carboxylic acids is 1. The molecule has 3 rings (SSSR count). The Morgan fingerprint density at radius 2 is 2.00 bits per heavy atom. The van der Waals surface area contributed by atoms with Crippen LogP contribution in [-0.2, 0) is 9.63 Å². The van der Waals surface area contributed by atoms with Crippen molar-refractivity contribution in [3.8, 4) is 11.5 Å². The van der Waals surface area contributed by atoms with E-state index in [-0.39, 0.29) is 16.8 Å². The van der Waals surface area contributed by atoms with E-state index < -0.39 is 22.3 Å². The van der Waals surface area contributed by atoms with E-state index in [4.69, 9.17) is 9.57 Å². The molecule has 1 aliphatic heterocycles. The molecule has 0 spiro atoms. The highest BCUT2D eigenvalue weighted by molar-refractivity contribution is 6.31. The van der Waals surface area contributed by atoms with Gasteiger partial charge < -0.3 is 14.7 Å². The molecule has 1 aliphatic rings. The van der Waals surface area contributed by atoms with E-state index in [1.165, 1.54) is 24.3 Å². The van der Waals surface area contributed by atoms with E-state index in [2.05, 4.69) is 12.1 Å². The molecule has 0 fully saturated rings. The Hall–Kier alpha value is -3.68.